The Morgan fingerprint density at radius 1 is 0.455 bits per heavy atom. The van der Waals surface area contributed by atoms with Crippen LogP contribution in [0, 0.1) is 11.8 Å². The largest absolute Gasteiger partial charge is 0.373 e. The summed E-state index contributed by atoms with van der Waals surface area (Å²) in [5.74, 6) is 3.19. The van der Waals surface area contributed by atoms with Crippen LogP contribution in [0.15, 0.2) is 109 Å². The van der Waals surface area contributed by atoms with Gasteiger partial charge < -0.3 is 0 Å². The Balaban J connectivity index is 1.38. The minimum absolute atomic E-state index is 0.0340. The molecule has 44 heavy (non-hydrogen) atoms. The van der Waals surface area contributed by atoms with Crippen LogP contribution in [-0.2, 0) is 19.6 Å². The molecule has 8 nitrogen and oxygen atoms in total. The number of ketones is 2. The van der Waals surface area contributed by atoms with Gasteiger partial charge in [-0.2, -0.15) is 9.78 Å². The monoisotopic (exact) mass is 590 g/mol. The zero-order valence-corrected chi connectivity index (χ0v) is 24.7. The van der Waals surface area contributed by atoms with Crippen LogP contribution in [-0.4, -0.2) is 34.7 Å². The number of hydrogen-bond acceptors (Lipinski definition) is 8. The Bertz CT molecular complexity index is 1600. The number of rotatable bonds is 10. The van der Waals surface area contributed by atoms with Crippen molar-refractivity contribution in [2.24, 2.45) is 0 Å². The standard InChI is InChI=1S/C36H30O8/c1-35(2,43-41-33(39)29-21-13-11-19-27(29)31(37)25-15-7-5-8-16-25)23-24-36(3,4)44-42-34(40)30-22-14-12-20-28(30)32(38)26-17-9-6-10-18-26/h5-22H,1-4H3. The smallest absolute Gasteiger partial charge is 0.291 e. The van der Waals surface area contributed by atoms with Gasteiger partial charge >= 0.3 is 11.9 Å². The van der Waals surface area contributed by atoms with E-state index in [0.29, 0.717) is 11.1 Å². The molecule has 0 radical (unpaired) electrons. The van der Waals surface area contributed by atoms with Crippen LogP contribution in [0.1, 0.15) is 80.3 Å². The molecule has 4 aromatic carbocycles. The van der Waals surface area contributed by atoms with Crippen LogP contribution in [0.5, 0.6) is 0 Å². The van der Waals surface area contributed by atoms with Gasteiger partial charge in [-0.25, -0.2) is 9.59 Å². The molecule has 0 amide bonds. The van der Waals surface area contributed by atoms with E-state index < -0.39 is 23.1 Å². The Kier molecular flexibility index (Phi) is 9.86. The minimum atomic E-state index is -1.31. The summed E-state index contributed by atoms with van der Waals surface area (Å²) in [6, 6.07) is 29.7. The van der Waals surface area contributed by atoms with E-state index in [2.05, 4.69) is 11.8 Å². The van der Waals surface area contributed by atoms with Gasteiger partial charge in [0, 0.05) is 22.3 Å². The Hall–Kier alpha value is -5.36. The molecule has 0 saturated heterocycles. The fourth-order valence-electron chi connectivity index (χ4n) is 3.92. The number of hydrogen-bond donors (Lipinski definition) is 0. The maximum absolute atomic E-state index is 13.0. The van der Waals surface area contributed by atoms with E-state index in [9.17, 15) is 19.2 Å². The molecule has 0 heterocycles. The fourth-order valence-corrected chi connectivity index (χ4v) is 3.92. The maximum atomic E-state index is 13.0. The molecule has 0 aliphatic rings. The number of benzene rings is 4. The van der Waals surface area contributed by atoms with Crippen LogP contribution in [0.2, 0.25) is 0 Å². The van der Waals surface area contributed by atoms with E-state index in [0.717, 1.165) is 0 Å². The summed E-state index contributed by atoms with van der Waals surface area (Å²) in [6.07, 6.45) is 0. The van der Waals surface area contributed by atoms with Crippen molar-refractivity contribution in [3.05, 3.63) is 143 Å². The second-order valence-corrected chi connectivity index (χ2v) is 10.7. The second kappa shape index (κ2) is 13.7. The van der Waals surface area contributed by atoms with Gasteiger partial charge in [0.15, 0.2) is 22.8 Å². The van der Waals surface area contributed by atoms with Gasteiger partial charge in [0.1, 0.15) is 0 Å². The molecule has 0 spiro atoms. The first-order chi connectivity index (χ1) is 21.0. The molecule has 0 unspecified atom stereocenters. The van der Waals surface area contributed by atoms with Gasteiger partial charge in [-0.1, -0.05) is 109 Å². The third kappa shape index (κ3) is 8.13. The summed E-state index contributed by atoms with van der Waals surface area (Å²) < 4.78 is 0. The van der Waals surface area contributed by atoms with Gasteiger partial charge in [0.2, 0.25) is 0 Å². The van der Waals surface area contributed by atoms with E-state index in [4.69, 9.17) is 19.6 Å². The normalized spacial score (nSPS) is 11.1. The predicted molar refractivity (Wildman–Crippen MR) is 162 cm³/mol. The Labute approximate surface area is 255 Å². The third-order valence-corrected chi connectivity index (χ3v) is 6.17. The zero-order valence-electron chi connectivity index (χ0n) is 24.7. The van der Waals surface area contributed by atoms with E-state index >= 15 is 0 Å². The molecule has 4 rings (SSSR count). The predicted octanol–water partition coefficient (Wildman–Crippen LogP) is 6.59. The van der Waals surface area contributed by atoms with Crippen molar-refractivity contribution in [2.45, 2.75) is 38.9 Å². The van der Waals surface area contributed by atoms with Gasteiger partial charge in [-0.3, -0.25) is 19.4 Å². The highest BCUT2D eigenvalue weighted by atomic mass is 17.2. The van der Waals surface area contributed by atoms with Crippen LogP contribution < -0.4 is 0 Å². The van der Waals surface area contributed by atoms with E-state index in [1.165, 1.54) is 24.3 Å². The summed E-state index contributed by atoms with van der Waals surface area (Å²) >= 11 is 0. The first-order valence-electron chi connectivity index (χ1n) is 13.7. The number of carbonyl (C=O) groups is 4. The van der Waals surface area contributed by atoms with Gasteiger partial charge in [-0.15, -0.1) is 0 Å². The zero-order chi connectivity index (χ0) is 31.7. The summed E-state index contributed by atoms with van der Waals surface area (Å²) in [7, 11) is 0. The first kappa shape index (κ1) is 31.6. The van der Waals surface area contributed by atoms with Crippen molar-refractivity contribution < 1.29 is 38.7 Å². The number of carbonyl (C=O) groups excluding carboxylic acids is 4. The molecule has 0 saturated carbocycles. The van der Waals surface area contributed by atoms with E-state index in [1.54, 1.807) is 113 Å². The average Bonchev–Trinajstić information content (AvgIpc) is 3.05. The van der Waals surface area contributed by atoms with Crippen molar-refractivity contribution in [3.63, 3.8) is 0 Å². The SMILES string of the molecule is CC(C)(C#CC(C)(C)OOC(=O)c1ccccc1C(=O)c1ccccc1)OOC(=O)c1ccccc1C(=O)c1ccccc1. The second-order valence-electron chi connectivity index (χ2n) is 10.7. The Morgan fingerprint density at radius 3 is 1.09 bits per heavy atom. The lowest BCUT2D eigenvalue weighted by Crippen LogP contribution is -2.29. The molecular weight excluding hydrogens is 560 g/mol. The maximum Gasteiger partial charge on any atom is 0.373 e. The molecule has 0 aliphatic heterocycles. The van der Waals surface area contributed by atoms with Crippen molar-refractivity contribution in [2.75, 3.05) is 0 Å². The minimum Gasteiger partial charge on any atom is -0.291 e. The fraction of sp³-hybridized carbons (Fsp3) is 0.167. The Morgan fingerprint density at radius 2 is 0.750 bits per heavy atom. The van der Waals surface area contributed by atoms with Gasteiger partial charge in [0.25, 0.3) is 0 Å². The van der Waals surface area contributed by atoms with Crippen LogP contribution >= 0.6 is 0 Å². The molecule has 0 aliphatic carbocycles. The van der Waals surface area contributed by atoms with Gasteiger partial charge in [0.05, 0.1) is 11.1 Å². The summed E-state index contributed by atoms with van der Waals surface area (Å²) in [4.78, 5) is 72.5. The van der Waals surface area contributed by atoms with Crippen molar-refractivity contribution >= 4 is 23.5 Å². The topological polar surface area (TPSA) is 105 Å². The molecule has 4 aromatic rings. The summed E-state index contributed by atoms with van der Waals surface area (Å²) in [5.41, 5.74) is -1.37. The molecular formula is C36H30O8. The van der Waals surface area contributed by atoms with Crippen molar-refractivity contribution in [3.8, 4) is 11.8 Å². The summed E-state index contributed by atoms with van der Waals surface area (Å²) in [5, 5.41) is 0. The quantitative estimate of drug-likeness (QED) is 0.0882. The first-order valence-corrected chi connectivity index (χ1v) is 13.7. The van der Waals surface area contributed by atoms with Crippen LogP contribution in [0.25, 0.3) is 0 Å². The van der Waals surface area contributed by atoms with E-state index in [-0.39, 0.29) is 33.8 Å². The van der Waals surface area contributed by atoms with Crippen molar-refractivity contribution in [1.29, 1.82) is 0 Å². The molecule has 0 bridgehead atoms. The van der Waals surface area contributed by atoms with Gasteiger partial charge in [-0.05, 0) is 39.8 Å². The highest BCUT2D eigenvalue weighted by Gasteiger charge is 2.27. The van der Waals surface area contributed by atoms with Crippen molar-refractivity contribution in [1.82, 2.24) is 0 Å². The lowest BCUT2D eigenvalue weighted by molar-refractivity contribution is -0.292. The highest BCUT2D eigenvalue weighted by molar-refractivity contribution is 6.15. The lowest BCUT2D eigenvalue weighted by Gasteiger charge is -2.20. The average molecular weight is 591 g/mol. The molecule has 8 heteroatoms. The van der Waals surface area contributed by atoms with E-state index in [1.807, 2.05) is 0 Å². The molecule has 0 aromatic heterocycles. The van der Waals surface area contributed by atoms with Crippen LogP contribution in [0.4, 0.5) is 0 Å². The van der Waals surface area contributed by atoms with Crippen LogP contribution in [0.3, 0.4) is 0 Å². The molecule has 0 atom stereocenters. The molecule has 222 valence electrons. The molecule has 0 N–H and O–H groups in total. The lowest BCUT2D eigenvalue weighted by atomic mass is 9.98. The highest BCUT2D eigenvalue weighted by Crippen LogP contribution is 2.20. The summed E-state index contributed by atoms with van der Waals surface area (Å²) in [6.45, 7) is 6.23. The molecule has 0 fully saturated rings. The third-order valence-electron chi connectivity index (χ3n) is 6.17.